The Balaban J connectivity index is 1.88. The van der Waals surface area contributed by atoms with E-state index in [4.69, 9.17) is 10.8 Å². The second kappa shape index (κ2) is 5.15. The van der Waals surface area contributed by atoms with Crippen LogP contribution in [0.4, 0.5) is 0 Å². The molecule has 2 saturated heterocycles. The lowest BCUT2D eigenvalue weighted by Gasteiger charge is -2.38. The topological polar surface area (TPSA) is 66.6 Å². The summed E-state index contributed by atoms with van der Waals surface area (Å²) >= 11 is 0. The van der Waals surface area contributed by atoms with Gasteiger partial charge in [0.2, 0.25) is 0 Å². The van der Waals surface area contributed by atoms with E-state index in [1.165, 1.54) is 12.8 Å². The van der Waals surface area contributed by atoms with Crippen LogP contribution in [0.2, 0.25) is 0 Å². The summed E-state index contributed by atoms with van der Waals surface area (Å²) < 4.78 is 0. The molecule has 0 saturated carbocycles. The number of fused-ring (bicyclic) bond motifs is 2. The van der Waals surface area contributed by atoms with Crippen molar-refractivity contribution in [3.63, 3.8) is 0 Å². The van der Waals surface area contributed by atoms with Gasteiger partial charge in [-0.25, -0.2) is 0 Å². The molecule has 92 valence electrons. The van der Waals surface area contributed by atoms with Gasteiger partial charge in [0.15, 0.2) is 0 Å². The van der Waals surface area contributed by atoms with E-state index in [0.29, 0.717) is 24.4 Å². The highest BCUT2D eigenvalue weighted by Crippen LogP contribution is 2.39. The normalized spacial score (nSPS) is 34.2. The lowest BCUT2D eigenvalue weighted by atomic mass is 9.88. The van der Waals surface area contributed by atoms with E-state index in [-0.39, 0.29) is 0 Å². The predicted octanol–water partition coefficient (Wildman–Crippen LogP) is 1.05. The van der Waals surface area contributed by atoms with Gasteiger partial charge in [-0.2, -0.15) is 0 Å². The number of nitrogens with two attached hydrogens (primary N) is 1. The molecule has 2 unspecified atom stereocenters. The number of hydrogen-bond donors (Lipinski definition) is 2. The summed E-state index contributed by atoms with van der Waals surface area (Å²) in [6, 6.07) is 1.27. The molecule has 0 spiro atoms. The van der Waals surface area contributed by atoms with Crippen molar-refractivity contribution in [1.29, 1.82) is 0 Å². The second-order valence-electron chi connectivity index (χ2n) is 5.20. The van der Waals surface area contributed by atoms with Crippen LogP contribution in [0.5, 0.6) is 0 Å². The van der Waals surface area contributed by atoms with Gasteiger partial charge in [0.1, 0.15) is 0 Å². The number of carboxylic acid groups (broad SMARTS) is 1. The Morgan fingerprint density at radius 1 is 1.31 bits per heavy atom. The fraction of sp³-hybridized carbons (Fsp3) is 0.917. The molecule has 2 atom stereocenters. The largest absolute Gasteiger partial charge is 0.481 e. The molecule has 0 amide bonds. The first-order chi connectivity index (χ1) is 7.70. The molecular weight excluding hydrogens is 204 g/mol. The van der Waals surface area contributed by atoms with Gasteiger partial charge in [0.05, 0.1) is 0 Å². The Morgan fingerprint density at radius 2 is 1.94 bits per heavy atom. The molecular formula is C12H22N2O2. The number of aliphatic carboxylic acids is 1. The van der Waals surface area contributed by atoms with Crippen molar-refractivity contribution in [2.75, 3.05) is 13.1 Å². The van der Waals surface area contributed by atoms with E-state index in [2.05, 4.69) is 4.90 Å². The SMILES string of the molecule is NCCCN1C2CCC1CC(CC(=O)O)C2. The summed E-state index contributed by atoms with van der Waals surface area (Å²) in [6.07, 6.45) is 6.09. The van der Waals surface area contributed by atoms with Crippen LogP contribution in [0.3, 0.4) is 0 Å². The third kappa shape index (κ3) is 2.55. The minimum absolute atomic E-state index is 0.359. The second-order valence-corrected chi connectivity index (χ2v) is 5.20. The molecule has 2 heterocycles. The van der Waals surface area contributed by atoms with E-state index in [1.54, 1.807) is 0 Å². The number of carboxylic acids is 1. The first kappa shape index (κ1) is 11.9. The maximum Gasteiger partial charge on any atom is 0.303 e. The minimum atomic E-state index is -0.639. The van der Waals surface area contributed by atoms with Gasteiger partial charge in [-0.15, -0.1) is 0 Å². The van der Waals surface area contributed by atoms with Gasteiger partial charge in [0, 0.05) is 18.5 Å². The summed E-state index contributed by atoms with van der Waals surface area (Å²) in [6.45, 7) is 1.86. The standard InChI is InChI=1S/C12H22N2O2/c13-4-1-5-14-10-2-3-11(14)7-9(6-10)8-12(15)16/h9-11H,1-8,13H2,(H,15,16). The van der Waals surface area contributed by atoms with Crippen molar-refractivity contribution in [1.82, 2.24) is 4.90 Å². The summed E-state index contributed by atoms with van der Waals surface area (Å²) in [7, 11) is 0. The number of piperidine rings is 1. The molecule has 2 aliphatic heterocycles. The van der Waals surface area contributed by atoms with Crippen molar-refractivity contribution in [3.8, 4) is 0 Å². The third-order valence-electron chi connectivity index (χ3n) is 4.07. The van der Waals surface area contributed by atoms with Gasteiger partial charge >= 0.3 is 5.97 Å². The van der Waals surface area contributed by atoms with Gasteiger partial charge in [-0.1, -0.05) is 0 Å². The van der Waals surface area contributed by atoms with Crippen LogP contribution in [0.15, 0.2) is 0 Å². The van der Waals surface area contributed by atoms with Crippen LogP contribution in [0.1, 0.15) is 38.5 Å². The Hall–Kier alpha value is -0.610. The molecule has 2 rings (SSSR count). The number of carbonyl (C=O) groups is 1. The monoisotopic (exact) mass is 226 g/mol. The van der Waals surface area contributed by atoms with Crippen LogP contribution in [0.25, 0.3) is 0 Å². The zero-order valence-corrected chi connectivity index (χ0v) is 9.77. The van der Waals surface area contributed by atoms with Crippen molar-refractivity contribution < 1.29 is 9.90 Å². The molecule has 4 heteroatoms. The van der Waals surface area contributed by atoms with E-state index in [9.17, 15) is 4.79 Å². The molecule has 0 aromatic carbocycles. The van der Waals surface area contributed by atoms with Gasteiger partial charge in [-0.05, 0) is 51.1 Å². The van der Waals surface area contributed by atoms with Crippen molar-refractivity contribution in [2.24, 2.45) is 11.7 Å². The van der Waals surface area contributed by atoms with Gasteiger partial charge < -0.3 is 10.8 Å². The maximum atomic E-state index is 10.7. The molecule has 0 aliphatic carbocycles. The Bertz CT molecular complexity index is 243. The first-order valence-corrected chi connectivity index (χ1v) is 6.38. The van der Waals surface area contributed by atoms with Crippen LogP contribution in [-0.2, 0) is 4.79 Å². The smallest absolute Gasteiger partial charge is 0.303 e. The van der Waals surface area contributed by atoms with E-state index in [0.717, 1.165) is 32.4 Å². The number of hydrogen-bond acceptors (Lipinski definition) is 3. The third-order valence-corrected chi connectivity index (χ3v) is 4.07. The molecule has 0 aromatic rings. The summed E-state index contributed by atoms with van der Waals surface area (Å²) in [5, 5.41) is 8.84. The molecule has 16 heavy (non-hydrogen) atoms. The molecule has 2 aliphatic rings. The van der Waals surface area contributed by atoms with E-state index < -0.39 is 5.97 Å². The highest BCUT2D eigenvalue weighted by molar-refractivity contribution is 5.67. The minimum Gasteiger partial charge on any atom is -0.481 e. The van der Waals surface area contributed by atoms with Crippen LogP contribution < -0.4 is 5.73 Å². The van der Waals surface area contributed by atoms with E-state index >= 15 is 0 Å². The highest BCUT2D eigenvalue weighted by Gasteiger charge is 2.40. The molecule has 0 aromatic heterocycles. The van der Waals surface area contributed by atoms with E-state index in [1.807, 2.05) is 0 Å². The fourth-order valence-electron chi connectivity index (χ4n) is 3.44. The zero-order chi connectivity index (χ0) is 11.5. The summed E-state index contributed by atoms with van der Waals surface area (Å²) in [5.41, 5.74) is 5.55. The highest BCUT2D eigenvalue weighted by atomic mass is 16.4. The van der Waals surface area contributed by atoms with Crippen LogP contribution in [-0.4, -0.2) is 41.1 Å². The molecule has 4 nitrogen and oxygen atoms in total. The molecule has 3 N–H and O–H groups in total. The maximum absolute atomic E-state index is 10.7. The molecule has 0 radical (unpaired) electrons. The van der Waals surface area contributed by atoms with Gasteiger partial charge in [-0.3, -0.25) is 9.69 Å². The zero-order valence-electron chi connectivity index (χ0n) is 9.77. The Morgan fingerprint density at radius 3 is 2.44 bits per heavy atom. The van der Waals surface area contributed by atoms with Crippen LogP contribution >= 0.6 is 0 Å². The fourth-order valence-corrected chi connectivity index (χ4v) is 3.44. The van der Waals surface area contributed by atoms with Crippen LogP contribution in [0, 0.1) is 5.92 Å². The molecule has 2 bridgehead atoms. The Labute approximate surface area is 96.8 Å². The quantitative estimate of drug-likeness (QED) is 0.735. The predicted molar refractivity (Wildman–Crippen MR) is 62.2 cm³/mol. The van der Waals surface area contributed by atoms with Crippen molar-refractivity contribution >= 4 is 5.97 Å². The van der Waals surface area contributed by atoms with Crippen molar-refractivity contribution in [3.05, 3.63) is 0 Å². The number of rotatable bonds is 5. The van der Waals surface area contributed by atoms with Crippen molar-refractivity contribution in [2.45, 2.75) is 50.6 Å². The van der Waals surface area contributed by atoms with Gasteiger partial charge in [0.25, 0.3) is 0 Å². The average Bonchev–Trinajstić information content (AvgIpc) is 2.46. The molecule has 2 fully saturated rings. The Kier molecular flexibility index (Phi) is 3.82. The number of nitrogens with zero attached hydrogens (tertiary/aromatic N) is 1. The lowest BCUT2D eigenvalue weighted by molar-refractivity contribution is -0.138. The first-order valence-electron chi connectivity index (χ1n) is 6.38. The lowest BCUT2D eigenvalue weighted by Crippen LogP contribution is -2.44. The average molecular weight is 226 g/mol. The summed E-state index contributed by atoms with van der Waals surface area (Å²) in [5.74, 6) is -0.232. The summed E-state index contributed by atoms with van der Waals surface area (Å²) in [4.78, 5) is 13.3.